The summed E-state index contributed by atoms with van der Waals surface area (Å²) in [6.45, 7) is 0.0474. The van der Waals surface area contributed by atoms with Crippen molar-refractivity contribution in [1.82, 2.24) is 20.3 Å². The van der Waals surface area contributed by atoms with E-state index in [0.717, 1.165) is 5.56 Å². The Morgan fingerprint density at radius 1 is 1.27 bits per heavy atom. The van der Waals surface area contributed by atoms with Crippen molar-refractivity contribution in [3.05, 3.63) is 59.1 Å². The van der Waals surface area contributed by atoms with E-state index in [4.69, 9.17) is 16.3 Å². The monoisotopic (exact) mass is 374 g/mol. The van der Waals surface area contributed by atoms with Crippen molar-refractivity contribution in [3.8, 4) is 0 Å². The average Bonchev–Trinajstić information content (AvgIpc) is 3.04. The minimum absolute atomic E-state index is 0.00284. The summed E-state index contributed by atoms with van der Waals surface area (Å²) in [5.74, 6) is -1.19. The van der Waals surface area contributed by atoms with Crippen LogP contribution in [0, 0.1) is 0 Å². The minimum Gasteiger partial charge on any atom is -0.480 e. The topological polar surface area (TPSA) is 117 Å². The third-order valence-corrected chi connectivity index (χ3v) is 4.02. The molecule has 0 spiro atoms. The summed E-state index contributed by atoms with van der Waals surface area (Å²) < 4.78 is 5.07. The van der Waals surface area contributed by atoms with Crippen LogP contribution in [-0.4, -0.2) is 38.2 Å². The zero-order valence-corrected chi connectivity index (χ0v) is 14.2. The first-order chi connectivity index (χ1) is 12.5. The van der Waals surface area contributed by atoms with E-state index < -0.39 is 18.1 Å². The third-order valence-electron chi connectivity index (χ3n) is 3.73. The van der Waals surface area contributed by atoms with Gasteiger partial charge in [-0.15, -0.1) is 0 Å². The lowest BCUT2D eigenvalue weighted by Crippen LogP contribution is -2.42. The molecule has 8 nitrogen and oxygen atoms in total. The summed E-state index contributed by atoms with van der Waals surface area (Å²) in [6, 6.07) is 7.90. The number of hydrogen-bond acceptors (Lipinski definition) is 5. The van der Waals surface area contributed by atoms with E-state index in [1.807, 2.05) is 18.2 Å². The molecule has 0 saturated heterocycles. The van der Waals surface area contributed by atoms with Gasteiger partial charge in [-0.25, -0.2) is 19.6 Å². The fourth-order valence-corrected chi connectivity index (χ4v) is 2.73. The van der Waals surface area contributed by atoms with E-state index in [1.165, 1.54) is 6.33 Å². The molecule has 0 unspecified atom stereocenters. The van der Waals surface area contributed by atoms with E-state index in [2.05, 4.69) is 20.3 Å². The molecule has 0 aliphatic heterocycles. The van der Waals surface area contributed by atoms with Gasteiger partial charge in [0.25, 0.3) is 0 Å². The molecule has 9 heteroatoms. The van der Waals surface area contributed by atoms with Crippen molar-refractivity contribution in [1.29, 1.82) is 0 Å². The molecule has 0 aliphatic rings. The molecule has 0 saturated carbocycles. The van der Waals surface area contributed by atoms with Gasteiger partial charge in [0.2, 0.25) is 0 Å². The van der Waals surface area contributed by atoms with Crippen molar-refractivity contribution < 1.29 is 19.4 Å². The van der Waals surface area contributed by atoms with Gasteiger partial charge in [0.05, 0.1) is 5.39 Å². The molecule has 0 radical (unpaired) electrons. The van der Waals surface area contributed by atoms with E-state index in [-0.39, 0.29) is 18.2 Å². The molecule has 2 heterocycles. The Balaban J connectivity index is 1.67. The maximum absolute atomic E-state index is 11.9. The highest BCUT2D eigenvalue weighted by Crippen LogP contribution is 2.24. The van der Waals surface area contributed by atoms with Gasteiger partial charge in [-0.2, -0.15) is 0 Å². The number of nitrogens with zero attached hydrogens (tertiary/aromatic N) is 2. The Labute approximate surface area is 153 Å². The normalized spacial score (nSPS) is 11.9. The lowest BCUT2D eigenvalue weighted by atomic mass is 10.1. The minimum atomic E-state index is -1.19. The van der Waals surface area contributed by atoms with Crippen LogP contribution in [0.4, 0.5) is 4.79 Å². The molecule has 0 fully saturated rings. The van der Waals surface area contributed by atoms with E-state index in [0.29, 0.717) is 16.6 Å². The van der Waals surface area contributed by atoms with Gasteiger partial charge in [-0.3, -0.25) is 0 Å². The summed E-state index contributed by atoms with van der Waals surface area (Å²) >= 11 is 6.06. The number of amides is 1. The number of nitrogens with one attached hydrogen (secondary N) is 2. The van der Waals surface area contributed by atoms with Crippen LogP contribution >= 0.6 is 11.6 Å². The van der Waals surface area contributed by atoms with Gasteiger partial charge in [0.1, 0.15) is 29.8 Å². The molecule has 1 atom stereocenters. The Morgan fingerprint density at radius 2 is 2.04 bits per heavy atom. The molecular formula is C17H15ClN4O4. The molecule has 0 bridgehead atoms. The summed E-state index contributed by atoms with van der Waals surface area (Å²) in [7, 11) is 0. The predicted octanol–water partition coefficient (Wildman–Crippen LogP) is 2.53. The fraction of sp³-hybridized carbons (Fsp3) is 0.176. The molecule has 2 aromatic heterocycles. The number of aromatic amines is 1. The number of fused-ring (bicyclic) bond motifs is 1. The van der Waals surface area contributed by atoms with Crippen molar-refractivity contribution >= 4 is 34.7 Å². The lowest BCUT2D eigenvalue weighted by molar-refractivity contribution is -0.139. The highest BCUT2D eigenvalue weighted by atomic mass is 35.5. The smallest absolute Gasteiger partial charge is 0.408 e. The van der Waals surface area contributed by atoms with Crippen LogP contribution in [0.2, 0.25) is 5.15 Å². The highest BCUT2D eigenvalue weighted by molar-refractivity contribution is 6.34. The number of rotatable bonds is 6. The summed E-state index contributed by atoms with van der Waals surface area (Å²) in [5.41, 5.74) is 1.88. The fourth-order valence-electron chi connectivity index (χ4n) is 2.47. The molecule has 0 aliphatic carbocycles. The molecular weight excluding hydrogens is 360 g/mol. The standard InChI is InChI=1S/C17H15ClN4O4/c18-14-13-11(7-19-15(13)21-9-20-14)6-12(16(23)24)22-17(25)26-8-10-4-2-1-3-5-10/h1-5,7,9,12H,6,8H2,(H,22,25)(H,23,24)(H,19,20,21)/t12-/m1/s1. The molecule has 3 rings (SSSR count). The van der Waals surface area contributed by atoms with Crippen molar-refractivity contribution in [2.75, 3.05) is 0 Å². The quantitative estimate of drug-likeness (QED) is 0.571. The number of carboxylic acids is 1. The van der Waals surface area contributed by atoms with E-state index in [9.17, 15) is 14.7 Å². The van der Waals surface area contributed by atoms with Gasteiger partial charge in [0.15, 0.2) is 0 Å². The van der Waals surface area contributed by atoms with Gasteiger partial charge in [-0.1, -0.05) is 41.9 Å². The number of aliphatic carboxylic acids is 1. The van der Waals surface area contributed by atoms with Crippen LogP contribution in [0.25, 0.3) is 11.0 Å². The predicted molar refractivity (Wildman–Crippen MR) is 93.8 cm³/mol. The summed E-state index contributed by atoms with van der Waals surface area (Å²) in [4.78, 5) is 34.3. The average molecular weight is 375 g/mol. The highest BCUT2D eigenvalue weighted by Gasteiger charge is 2.23. The largest absolute Gasteiger partial charge is 0.480 e. The van der Waals surface area contributed by atoms with Crippen LogP contribution in [-0.2, 0) is 22.6 Å². The van der Waals surface area contributed by atoms with Crippen molar-refractivity contribution in [2.24, 2.45) is 0 Å². The lowest BCUT2D eigenvalue weighted by Gasteiger charge is -2.14. The number of halogens is 1. The third kappa shape index (κ3) is 4.09. The van der Waals surface area contributed by atoms with Crippen LogP contribution in [0.1, 0.15) is 11.1 Å². The molecule has 26 heavy (non-hydrogen) atoms. The maximum atomic E-state index is 11.9. The van der Waals surface area contributed by atoms with Crippen LogP contribution in [0.3, 0.4) is 0 Å². The maximum Gasteiger partial charge on any atom is 0.408 e. The number of ether oxygens (including phenoxy) is 1. The van der Waals surface area contributed by atoms with Crippen LogP contribution < -0.4 is 5.32 Å². The second-order valence-electron chi connectivity index (χ2n) is 5.50. The van der Waals surface area contributed by atoms with Gasteiger partial charge in [0, 0.05) is 12.6 Å². The Kier molecular flexibility index (Phi) is 5.33. The summed E-state index contributed by atoms with van der Waals surface area (Å²) in [6.07, 6.45) is 2.09. The molecule has 1 amide bonds. The van der Waals surface area contributed by atoms with Gasteiger partial charge in [-0.05, 0) is 11.1 Å². The van der Waals surface area contributed by atoms with Crippen LogP contribution in [0.5, 0.6) is 0 Å². The molecule has 3 N–H and O–H groups in total. The van der Waals surface area contributed by atoms with E-state index >= 15 is 0 Å². The van der Waals surface area contributed by atoms with E-state index in [1.54, 1.807) is 18.3 Å². The second kappa shape index (κ2) is 7.83. The zero-order chi connectivity index (χ0) is 18.5. The number of benzene rings is 1. The first-order valence-electron chi connectivity index (χ1n) is 7.71. The summed E-state index contributed by atoms with van der Waals surface area (Å²) in [5, 5.41) is 12.5. The second-order valence-corrected chi connectivity index (χ2v) is 5.86. The number of aromatic nitrogens is 3. The number of H-pyrrole nitrogens is 1. The number of carbonyl (C=O) groups excluding carboxylic acids is 1. The molecule has 1 aromatic carbocycles. The van der Waals surface area contributed by atoms with Gasteiger partial charge < -0.3 is 20.1 Å². The first-order valence-corrected chi connectivity index (χ1v) is 8.09. The number of carboxylic acid groups (broad SMARTS) is 1. The first kappa shape index (κ1) is 17.7. The van der Waals surface area contributed by atoms with Crippen molar-refractivity contribution in [3.63, 3.8) is 0 Å². The Bertz CT molecular complexity index is 929. The number of hydrogen-bond donors (Lipinski definition) is 3. The Morgan fingerprint density at radius 3 is 2.77 bits per heavy atom. The SMILES string of the molecule is O=C(N[C@H](Cc1c[nH]c2ncnc(Cl)c12)C(=O)O)OCc1ccccc1. The van der Waals surface area contributed by atoms with Gasteiger partial charge >= 0.3 is 12.1 Å². The number of carbonyl (C=O) groups is 2. The molecule has 3 aromatic rings. The molecule has 134 valence electrons. The zero-order valence-electron chi connectivity index (χ0n) is 13.5. The van der Waals surface area contributed by atoms with Crippen molar-refractivity contribution in [2.45, 2.75) is 19.1 Å². The van der Waals surface area contributed by atoms with Crippen LogP contribution in [0.15, 0.2) is 42.9 Å². The number of alkyl carbamates (subject to hydrolysis) is 1. The Hall–Kier alpha value is -3.13.